The van der Waals surface area contributed by atoms with E-state index >= 15 is 0 Å². The largest absolute Gasteiger partial charge is 0.361 e. The second kappa shape index (κ2) is 7.11. The molecule has 6 nitrogen and oxygen atoms in total. The van der Waals surface area contributed by atoms with Crippen LogP contribution in [0, 0.1) is 0 Å². The number of hydrogen-bond donors (Lipinski definition) is 3. The number of H-pyrrole nitrogens is 2. The number of rotatable bonds is 5. The van der Waals surface area contributed by atoms with Crippen molar-refractivity contribution >= 4 is 16.7 Å². The Labute approximate surface area is 146 Å². The van der Waals surface area contributed by atoms with Crippen LogP contribution in [0.1, 0.15) is 24.8 Å². The molecule has 3 N–H and O–H groups in total. The van der Waals surface area contributed by atoms with E-state index in [1.165, 1.54) is 29.3 Å². The minimum Gasteiger partial charge on any atom is -0.361 e. The highest BCUT2D eigenvalue weighted by Gasteiger charge is 2.23. The molecule has 0 amide bonds. The van der Waals surface area contributed by atoms with E-state index in [2.05, 4.69) is 49.8 Å². The molecule has 25 heavy (non-hydrogen) atoms. The van der Waals surface area contributed by atoms with Crippen LogP contribution >= 0.6 is 0 Å². The highest BCUT2D eigenvalue weighted by atomic mass is 16.1. The molecule has 3 aromatic rings. The third-order valence-corrected chi connectivity index (χ3v) is 4.96. The highest BCUT2D eigenvalue weighted by Crippen LogP contribution is 2.22. The van der Waals surface area contributed by atoms with Gasteiger partial charge < -0.3 is 15.2 Å². The van der Waals surface area contributed by atoms with Crippen molar-refractivity contribution in [3.8, 4) is 0 Å². The summed E-state index contributed by atoms with van der Waals surface area (Å²) in [6, 6.07) is 12.1. The fraction of sp³-hybridized carbons (Fsp3) is 0.368. The number of aromatic amines is 2. The summed E-state index contributed by atoms with van der Waals surface area (Å²) in [6.45, 7) is 2.73. The zero-order chi connectivity index (χ0) is 17.1. The van der Waals surface area contributed by atoms with Gasteiger partial charge in [0.1, 0.15) is 5.82 Å². The first-order valence-corrected chi connectivity index (χ1v) is 8.89. The van der Waals surface area contributed by atoms with Crippen molar-refractivity contribution in [3.05, 3.63) is 58.5 Å². The van der Waals surface area contributed by atoms with Crippen LogP contribution in [0.4, 0.5) is 5.82 Å². The van der Waals surface area contributed by atoms with Crippen molar-refractivity contribution in [2.45, 2.75) is 31.8 Å². The minimum atomic E-state index is -0.158. The topological polar surface area (TPSA) is 76.8 Å². The van der Waals surface area contributed by atoms with Crippen LogP contribution in [0.3, 0.4) is 0 Å². The zero-order valence-corrected chi connectivity index (χ0v) is 14.2. The van der Waals surface area contributed by atoms with Crippen LogP contribution in [-0.2, 0) is 6.54 Å². The average molecular weight is 337 g/mol. The smallest absolute Gasteiger partial charge is 0.264 e. The Morgan fingerprint density at radius 1 is 1.20 bits per heavy atom. The molecule has 6 heteroatoms. The van der Waals surface area contributed by atoms with E-state index in [4.69, 9.17) is 0 Å². The van der Waals surface area contributed by atoms with Crippen molar-refractivity contribution in [2.75, 3.05) is 18.0 Å². The molecule has 0 radical (unpaired) electrons. The third-order valence-electron chi connectivity index (χ3n) is 4.96. The quantitative estimate of drug-likeness (QED) is 0.668. The molecular weight excluding hydrogens is 314 g/mol. The summed E-state index contributed by atoms with van der Waals surface area (Å²) in [7, 11) is 0. The van der Waals surface area contributed by atoms with E-state index in [-0.39, 0.29) is 5.56 Å². The number of para-hydroxylation sites is 1. The Bertz CT molecular complexity index is 879. The molecule has 3 heterocycles. The van der Waals surface area contributed by atoms with Crippen LogP contribution in [0.5, 0.6) is 0 Å². The summed E-state index contributed by atoms with van der Waals surface area (Å²) < 4.78 is 0. The predicted molar refractivity (Wildman–Crippen MR) is 99.8 cm³/mol. The number of hydrogen-bond acceptors (Lipinski definition) is 4. The van der Waals surface area contributed by atoms with Crippen LogP contribution in [-0.4, -0.2) is 34.3 Å². The molecule has 0 spiro atoms. The normalized spacial score (nSPS) is 17.9. The summed E-state index contributed by atoms with van der Waals surface area (Å²) in [5.74, 6) is 0.859. The van der Waals surface area contributed by atoms with E-state index in [0.29, 0.717) is 6.04 Å². The Kier molecular flexibility index (Phi) is 4.52. The molecular formula is C19H23N5O. The molecule has 2 aromatic heterocycles. The Balaban J connectivity index is 1.41. The summed E-state index contributed by atoms with van der Waals surface area (Å²) in [5.41, 5.74) is 2.31. The van der Waals surface area contributed by atoms with Crippen molar-refractivity contribution in [1.29, 1.82) is 0 Å². The second-order valence-electron chi connectivity index (χ2n) is 6.61. The van der Waals surface area contributed by atoms with Crippen molar-refractivity contribution in [1.82, 2.24) is 20.5 Å². The molecule has 4 rings (SSSR count). The molecule has 1 atom stereocenters. The van der Waals surface area contributed by atoms with Gasteiger partial charge in [0.25, 0.3) is 5.56 Å². The third kappa shape index (κ3) is 3.44. The first-order chi connectivity index (χ1) is 12.3. The lowest BCUT2D eigenvalue weighted by Crippen LogP contribution is -2.46. The molecule has 1 aliphatic rings. The molecule has 1 saturated heterocycles. The SMILES string of the molecule is O=c1ccc(N2CCCCC2CNCc2c[nH]c3ccccc23)n[nH]1. The van der Waals surface area contributed by atoms with E-state index in [1.54, 1.807) is 6.07 Å². The van der Waals surface area contributed by atoms with Gasteiger partial charge >= 0.3 is 0 Å². The van der Waals surface area contributed by atoms with Gasteiger partial charge in [-0.15, -0.1) is 0 Å². The zero-order valence-electron chi connectivity index (χ0n) is 14.2. The van der Waals surface area contributed by atoms with Crippen LogP contribution in [0.15, 0.2) is 47.4 Å². The lowest BCUT2D eigenvalue weighted by Gasteiger charge is -2.36. The van der Waals surface area contributed by atoms with Crippen LogP contribution in [0.25, 0.3) is 10.9 Å². The number of nitrogens with zero attached hydrogens (tertiary/aromatic N) is 2. The van der Waals surface area contributed by atoms with Gasteiger partial charge in [-0.25, -0.2) is 5.10 Å². The summed E-state index contributed by atoms with van der Waals surface area (Å²) in [4.78, 5) is 16.9. The van der Waals surface area contributed by atoms with Gasteiger partial charge in [-0.1, -0.05) is 18.2 Å². The fourth-order valence-electron chi connectivity index (χ4n) is 3.66. The molecule has 1 aromatic carbocycles. The molecule has 1 unspecified atom stereocenters. The van der Waals surface area contributed by atoms with Gasteiger partial charge in [-0.3, -0.25) is 4.79 Å². The summed E-state index contributed by atoms with van der Waals surface area (Å²) >= 11 is 0. The van der Waals surface area contributed by atoms with Crippen molar-refractivity contribution < 1.29 is 0 Å². The average Bonchev–Trinajstić information content (AvgIpc) is 3.06. The van der Waals surface area contributed by atoms with Crippen LogP contribution in [0.2, 0.25) is 0 Å². The standard InChI is InChI=1S/C19H23N5O/c25-19-9-8-18(22-23-19)24-10-4-3-5-15(24)13-20-11-14-12-21-17-7-2-1-6-16(14)17/h1-2,6-9,12,15,20-21H,3-5,10-11,13H2,(H,23,25). The van der Waals surface area contributed by atoms with E-state index in [0.717, 1.165) is 31.9 Å². The molecule has 1 fully saturated rings. The van der Waals surface area contributed by atoms with E-state index < -0.39 is 0 Å². The van der Waals surface area contributed by atoms with Crippen molar-refractivity contribution in [3.63, 3.8) is 0 Å². The van der Waals surface area contributed by atoms with Gasteiger partial charge in [0.2, 0.25) is 0 Å². The first kappa shape index (κ1) is 15.9. The number of fused-ring (bicyclic) bond motifs is 1. The van der Waals surface area contributed by atoms with Gasteiger partial charge in [-0.05, 0) is 37.0 Å². The van der Waals surface area contributed by atoms with Gasteiger partial charge in [0, 0.05) is 48.8 Å². The van der Waals surface area contributed by atoms with Gasteiger partial charge in [0.15, 0.2) is 0 Å². The van der Waals surface area contributed by atoms with Gasteiger partial charge in [-0.2, -0.15) is 5.10 Å². The number of benzene rings is 1. The predicted octanol–water partition coefficient (Wildman–Crippen LogP) is 2.40. The highest BCUT2D eigenvalue weighted by molar-refractivity contribution is 5.82. The Morgan fingerprint density at radius 2 is 2.12 bits per heavy atom. The number of aromatic nitrogens is 3. The molecule has 0 bridgehead atoms. The second-order valence-corrected chi connectivity index (χ2v) is 6.61. The summed E-state index contributed by atoms with van der Waals surface area (Å²) in [6.07, 6.45) is 5.63. The van der Waals surface area contributed by atoms with Crippen molar-refractivity contribution in [2.24, 2.45) is 0 Å². The maximum atomic E-state index is 11.2. The number of nitrogens with one attached hydrogen (secondary N) is 3. The lowest BCUT2D eigenvalue weighted by molar-refractivity contribution is 0.431. The molecule has 1 aliphatic heterocycles. The first-order valence-electron chi connectivity index (χ1n) is 8.89. The molecule has 0 saturated carbocycles. The minimum absolute atomic E-state index is 0.158. The molecule has 130 valence electrons. The number of anilines is 1. The Hall–Kier alpha value is -2.60. The van der Waals surface area contributed by atoms with E-state index in [9.17, 15) is 4.79 Å². The van der Waals surface area contributed by atoms with Gasteiger partial charge in [0.05, 0.1) is 0 Å². The maximum absolute atomic E-state index is 11.2. The summed E-state index contributed by atoms with van der Waals surface area (Å²) in [5, 5.41) is 11.6. The number of piperidine rings is 1. The fourth-order valence-corrected chi connectivity index (χ4v) is 3.66. The molecule has 0 aliphatic carbocycles. The Morgan fingerprint density at radius 3 is 3.00 bits per heavy atom. The van der Waals surface area contributed by atoms with Crippen LogP contribution < -0.4 is 15.8 Å². The maximum Gasteiger partial charge on any atom is 0.264 e. The monoisotopic (exact) mass is 337 g/mol. The lowest BCUT2D eigenvalue weighted by atomic mass is 10.0. The van der Waals surface area contributed by atoms with E-state index in [1.807, 2.05) is 12.1 Å².